The average molecular weight is 344 g/mol. The van der Waals surface area contributed by atoms with Crippen molar-refractivity contribution in [3.05, 3.63) is 78.0 Å². The number of rotatable bonds is 3. The molecule has 2 N–H and O–H groups in total. The number of likely N-dealkylation sites (tertiary alicyclic amines) is 1. The predicted octanol–water partition coefficient (Wildman–Crippen LogP) is 3.27. The van der Waals surface area contributed by atoms with Crippen LogP contribution in [0.15, 0.2) is 66.9 Å². The lowest BCUT2D eigenvalue weighted by Gasteiger charge is -2.36. The summed E-state index contributed by atoms with van der Waals surface area (Å²) in [6.07, 6.45) is 3.08. The van der Waals surface area contributed by atoms with Gasteiger partial charge in [0.15, 0.2) is 0 Å². The lowest BCUT2D eigenvalue weighted by Crippen LogP contribution is -2.45. The van der Waals surface area contributed by atoms with Gasteiger partial charge in [-0.1, -0.05) is 54.6 Å². The summed E-state index contributed by atoms with van der Waals surface area (Å²) in [5.74, 6) is 0.592. The maximum Gasteiger partial charge on any atom is 0.0746 e. The Hall–Kier alpha value is -2.27. The molecule has 2 saturated heterocycles. The molecular weight excluding hydrogens is 320 g/mol. The predicted molar refractivity (Wildman–Crippen MR) is 104 cm³/mol. The molecule has 0 amide bonds. The molecule has 3 heterocycles. The van der Waals surface area contributed by atoms with Gasteiger partial charge in [0.25, 0.3) is 0 Å². The highest BCUT2D eigenvalue weighted by Crippen LogP contribution is 2.34. The van der Waals surface area contributed by atoms with Crippen molar-refractivity contribution < 1.29 is 0 Å². The van der Waals surface area contributed by atoms with Gasteiger partial charge in [0.05, 0.1) is 11.6 Å². The van der Waals surface area contributed by atoms with E-state index in [0.717, 1.165) is 25.2 Å². The van der Waals surface area contributed by atoms with Crippen molar-refractivity contribution in [2.75, 3.05) is 13.1 Å². The van der Waals surface area contributed by atoms with Crippen LogP contribution in [0.5, 0.6) is 0 Å². The van der Waals surface area contributed by atoms with E-state index in [1.54, 1.807) is 0 Å². The van der Waals surface area contributed by atoms with Gasteiger partial charge < -0.3 is 0 Å². The first-order chi connectivity index (χ1) is 12.9. The van der Waals surface area contributed by atoms with E-state index in [4.69, 9.17) is 0 Å². The molecule has 3 atom stereocenters. The molecular formula is C22H24N4. The fraction of sp³-hybridized carbons (Fsp3) is 0.318. The van der Waals surface area contributed by atoms with E-state index >= 15 is 0 Å². The molecule has 26 heavy (non-hydrogen) atoms. The van der Waals surface area contributed by atoms with Crippen LogP contribution in [0.2, 0.25) is 0 Å². The molecule has 2 fully saturated rings. The topological polar surface area (TPSA) is 40.2 Å². The van der Waals surface area contributed by atoms with Crippen LogP contribution in [-0.2, 0) is 6.54 Å². The van der Waals surface area contributed by atoms with Gasteiger partial charge >= 0.3 is 0 Å². The van der Waals surface area contributed by atoms with Crippen molar-refractivity contribution in [3.63, 3.8) is 0 Å². The quantitative estimate of drug-likeness (QED) is 0.765. The Balaban J connectivity index is 1.37. The molecule has 132 valence electrons. The Kier molecular flexibility index (Phi) is 4.17. The van der Waals surface area contributed by atoms with Crippen molar-refractivity contribution in [2.24, 2.45) is 5.92 Å². The van der Waals surface area contributed by atoms with Crippen LogP contribution < -0.4 is 10.9 Å². The standard InChI is InChI=1S/C22H24N4/c1-2-6-17(7-3-1)22-19-15-26(13-11-20(19)24-25-22)14-18-9-4-8-16-10-5-12-23-21(16)18/h1-10,12,19-20,22,24-25H,11,13-15H2. The number of nitrogens with one attached hydrogen (secondary N) is 2. The molecule has 0 radical (unpaired) electrons. The molecule has 0 bridgehead atoms. The number of para-hydroxylation sites is 1. The van der Waals surface area contributed by atoms with E-state index in [-0.39, 0.29) is 0 Å². The zero-order chi connectivity index (χ0) is 17.3. The SMILES string of the molecule is c1ccc(C2NNC3CCN(Cc4cccc5cccnc45)CC32)cc1. The average Bonchev–Trinajstić information content (AvgIpc) is 3.12. The second-order valence-electron chi connectivity index (χ2n) is 7.46. The summed E-state index contributed by atoms with van der Waals surface area (Å²) in [6.45, 7) is 3.20. The highest BCUT2D eigenvalue weighted by molar-refractivity contribution is 5.81. The third-order valence-electron chi connectivity index (χ3n) is 5.86. The lowest BCUT2D eigenvalue weighted by molar-refractivity contribution is 0.148. The maximum atomic E-state index is 4.62. The first kappa shape index (κ1) is 15.9. The number of hydrazine groups is 1. The van der Waals surface area contributed by atoms with Crippen molar-refractivity contribution in [3.8, 4) is 0 Å². The molecule has 3 aromatic rings. The van der Waals surface area contributed by atoms with E-state index in [1.165, 1.54) is 22.9 Å². The minimum Gasteiger partial charge on any atom is -0.299 e. The minimum absolute atomic E-state index is 0.384. The van der Waals surface area contributed by atoms with E-state index in [0.29, 0.717) is 18.0 Å². The van der Waals surface area contributed by atoms with Gasteiger partial charge in [0.1, 0.15) is 0 Å². The van der Waals surface area contributed by atoms with Gasteiger partial charge in [-0.2, -0.15) is 0 Å². The lowest BCUT2D eigenvalue weighted by atomic mass is 9.85. The fourth-order valence-electron chi connectivity index (χ4n) is 4.54. The van der Waals surface area contributed by atoms with Gasteiger partial charge in [-0.15, -0.1) is 0 Å². The minimum atomic E-state index is 0.384. The largest absolute Gasteiger partial charge is 0.299 e. The summed E-state index contributed by atoms with van der Waals surface area (Å²) in [6, 6.07) is 22.4. The number of pyridine rings is 1. The van der Waals surface area contributed by atoms with Crippen molar-refractivity contribution in [2.45, 2.75) is 25.0 Å². The highest BCUT2D eigenvalue weighted by atomic mass is 15.4. The molecule has 3 unspecified atom stereocenters. The zero-order valence-corrected chi connectivity index (χ0v) is 14.8. The number of hydrogen-bond acceptors (Lipinski definition) is 4. The number of fused-ring (bicyclic) bond motifs is 2. The van der Waals surface area contributed by atoms with Crippen LogP contribution in [-0.4, -0.2) is 29.0 Å². The molecule has 2 aliphatic rings. The molecule has 4 nitrogen and oxygen atoms in total. The van der Waals surface area contributed by atoms with Gasteiger partial charge in [-0.3, -0.25) is 15.3 Å². The second-order valence-corrected chi connectivity index (χ2v) is 7.46. The summed E-state index contributed by atoms with van der Waals surface area (Å²) in [5.41, 5.74) is 10.9. The molecule has 4 heteroatoms. The van der Waals surface area contributed by atoms with Crippen LogP contribution in [0, 0.1) is 5.92 Å². The molecule has 1 aromatic heterocycles. The van der Waals surface area contributed by atoms with Gasteiger partial charge in [-0.05, 0) is 23.6 Å². The third-order valence-corrected chi connectivity index (χ3v) is 5.86. The van der Waals surface area contributed by atoms with Gasteiger partial charge in [0.2, 0.25) is 0 Å². The monoisotopic (exact) mass is 344 g/mol. The van der Waals surface area contributed by atoms with Gasteiger partial charge in [-0.25, -0.2) is 5.43 Å². The normalized spacial score (nSPS) is 26.1. The smallest absolute Gasteiger partial charge is 0.0746 e. The fourth-order valence-corrected chi connectivity index (χ4v) is 4.54. The highest BCUT2D eigenvalue weighted by Gasteiger charge is 2.40. The number of aromatic nitrogens is 1. The number of hydrogen-bond donors (Lipinski definition) is 2. The summed E-state index contributed by atoms with van der Waals surface area (Å²) in [4.78, 5) is 7.22. The zero-order valence-electron chi connectivity index (χ0n) is 14.8. The molecule has 0 saturated carbocycles. The first-order valence-electron chi connectivity index (χ1n) is 9.49. The Morgan fingerprint density at radius 2 is 1.85 bits per heavy atom. The first-order valence-corrected chi connectivity index (χ1v) is 9.49. The van der Waals surface area contributed by atoms with E-state index in [2.05, 4.69) is 75.3 Å². The molecule has 5 rings (SSSR count). The Labute approximate surface area is 154 Å². The van der Waals surface area contributed by atoms with Crippen molar-refractivity contribution >= 4 is 10.9 Å². The van der Waals surface area contributed by atoms with Crippen LogP contribution in [0.25, 0.3) is 10.9 Å². The number of piperidine rings is 1. The summed E-state index contributed by atoms with van der Waals surface area (Å²) in [5, 5.41) is 1.23. The second kappa shape index (κ2) is 6.80. The molecule has 2 aliphatic heterocycles. The summed E-state index contributed by atoms with van der Waals surface area (Å²) < 4.78 is 0. The summed E-state index contributed by atoms with van der Waals surface area (Å²) >= 11 is 0. The van der Waals surface area contributed by atoms with E-state index < -0.39 is 0 Å². The maximum absolute atomic E-state index is 4.62. The Morgan fingerprint density at radius 3 is 2.77 bits per heavy atom. The Morgan fingerprint density at radius 1 is 0.962 bits per heavy atom. The molecule has 0 spiro atoms. The van der Waals surface area contributed by atoms with Crippen LogP contribution >= 0.6 is 0 Å². The van der Waals surface area contributed by atoms with E-state index in [1.807, 2.05) is 12.3 Å². The van der Waals surface area contributed by atoms with Gasteiger partial charge in [0, 0.05) is 43.2 Å². The Bertz CT molecular complexity index is 890. The summed E-state index contributed by atoms with van der Waals surface area (Å²) in [7, 11) is 0. The number of nitrogens with zero attached hydrogens (tertiary/aromatic N) is 2. The van der Waals surface area contributed by atoms with Crippen LogP contribution in [0.4, 0.5) is 0 Å². The van der Waals surface area contributed by atoms with E-state index in [9.17, 15) is 0 Å². The van der Waals surface area contributed by atoms with Crippen molar-refractivity contribution in [1.82, 2.24) is 20.7 Å². The molecule has 2 aromatic carbocycles. The van der Waals surface area contributed by atoms with Crippen molar-refractivity contribution in [1.29, 1.82) is 0 Å². The van der Waals surface area contributed by atoms with Crippen LogP contribution in [0.1, 0.15) is 23.6 Å². The molecule has 0 aliphatic carbocycles. The third kappa shape index (κ3) is 2.90. The number of benzene rings is 2. The van der Waals surface area contributed by atoms with Crippen LogP contribution in [0.3, 0.4) is 0 Å².